The minimum Gasteiger partial charge on any atom is -0.351 e. The fraction of sp³-hybridized carbons (Fsp3) is 0.625. The molecule has 1 saturated heterocycles. The lowest BCUT2D eigenvalue weighted by molar-refractivity contribution is 0.0949. The Morgan fingerprint density at radius 2 is 2.12 bits per heavy atom. The lowest BCUT2D eigenvalue weighted by Crippen LogP contribution is -2.35. The summed E-state index contributed by atoms with van der Waals surface area (Å²) in [4.78, 5) is 33.7. The van der Waals surface area contributed by atoms with Gasteiger partial charge in [-0.25, -0.2) is 4.98 Å². The number of rotatable bonds is 5. The first kappa shape index (κ1) is 17.8. The van der Waals surface area contributed by atoms with Gasteiger partial charge in [0.15, 0.2) is 0 Å². The van der Waals surface area contributed by atoms with Crippen molar-refractivity contribution in [1.29, 1.82) is 0 Å². The van der Waals surface area contributed by atoms with E-state index in [9.17, 15) is 9.59 Å². The number of carbonyl (C=O) groups is 1. The normalized spacial score (nSPS) is 15.9. The van der Waals surface area contributed by atoms with E-state index in [4.69, 9.17) is 0 Å². The molecule has 25 heavy (non-hydrogen) atoms. The van der Waals surface area contributed by atoms with E-state index in [0.29, 0.717) is 18.1 Å². The Kier molecular flexibility index (Phi) is 5.33. The topological polar surface area (TPSA) is 82.8 Å². The van der Waals surface area contributed by atoms with Gasteiger partial charge in [-0.1, -0.05) is 18.3 Å². The molecular weight excluding hydrogens is 340 g/mol. The first-order chi connectivity index (χ1) is 12.0. The molecule has 3 rings (SSSR count). The Balaban J connectivity index is 1.80. The Hall–Kier alpha value is -2.00. The van der Waals surface area contributed by atoms with E-state index in [1.807, 2.05) is 19.0 Å². The fourth-order valence-electron chi connectivity index (χ4n) is 2.75. The minimum absolute atomic E-state index is 0.0281. The molecular formula is C16H24N6O2S. The third-order valence-electron chi connectivity index (χ3n) is 4.42. The van der Waals surface area contributed by atoms with Crippen molar-refractivity contribution in [1.82, 2.24) is 24.8 Å². The second-order valence-electron chi connectivity index (χ2n) is 6.78. The third kappa shape index (κ3) is 3.98. The van der Waals surface area contributed by atoms with Crippen LogP contribution in [0.25, 0.3) is 4.96 Å². The minimum atomic E-state index is -0.416. The van der Waals surface area contributed by atoms with Crippen LogP contribution >= 0.6 is 11.3 Å². The summed E-state index contributed by atoms with van der Waals surface area (Å²) in [6.45, 7) is 5.31. The molecule has 136 valence electrons. The molecule has 0 spiro atoms. The zero-order valence-electron chi connectivity index (χ0n) is 14.9. The van der Waals surface area contributed by atoms with E-state index in [2.05, 4.69) is 27.2 Å². The maximum Gasteiger partial charge on any atom is 0.288 e. The predicted octanol–water partition coefficient (Wildman–Crippen LogP) is 0.679. The number of amides is 1. The molecule has 1 aliphatic rings. The zero-order chi connectivity index (χ0) is 18.0. The average Bonchev–Trinajstić information content (AvgIpc) is 3.00. The number of likely N-dealkylation sites (N-methyl/N-ethyl adjacent to an activating group) is 1. The van der Waals surface area contributed by atoms with Gasteiger partial charge >= 0.3 is 0 Å². The van der Waals surface area contributed by atoms with Crippen molar-refractivity contribution in [2.45, 2.75) is 19.8 Å². The van der Waals surface area contributed by atoms with Gasteiger partial charge in [-0.15, -0.1) is 5.10 Å². The monoisotopic (exact) mass is 364 g/mol. The highest BCUT2D eigenvalue weighted by Crippen LogP contribution is 2.26. The second kappa shape index (κ2) is 7.49. The van der Waals surface area contributed by atoms with Crippen LogP contribution in [0.1, 0.15) is 30.1 Å². The second-order valence-corrected chi connectivity index (χ2v) is 7.72. The Morgan fingerprint density at radius 3 is 2.80 bits per heavy atom. The molecule has 2 aromatic rings. The lowest BCUT2D eigenvalue weighted by atomic mass is 10.00. The third-order valence-corrected chi connectivity index (χ3v) is 5.40. The van der Waals surface area contributed by atoms with E-state index in [1.165, 1.54) is 22.0 Å². The van der Waals surface area contributed by atoms with Crippen molar-refractivity contribution in [3.8, 4) is 0 Å². The van der Waals surface area contributed by atoms with Crippen molar-refractivity contribution in [2.24, 2.45) is 5.92 Å². The number of aromatic nitrogens is 3. The first-order valence-electron chi connectivity index (χ1n) is 8.52. The van der Waals surface area contributed by atoms with E-state index >= 15 is 0 Å². The molecule has 1 fully saturated rings. The SMILES string of the molecule is CC1CCN(c2nn3c(=O)c(C(=O)NCCN(C)C)cnc3s2)CC1. The van der Waals surface area contributed by atoms with Gasteiger partial charge < -0.3 is 15.1 Å². The predicted molar refractivity (Wildman–Crippen MR) is 98.6 cm³/mol. The van der Waals surface area contributed by atoms with Gasteiger partial charge in [0.05, 0.1) is 0 Å². The lowest BCUT2D eigenvalue weighted by Gasteiger charge is -2.29. The molecule has 1 N–H and O–H groups in total. The summed E-state index contributed by atoms with van der Waals surface area (Å²) < 4.78 is 1.25. The van der Waals surface area contributed by atoms with Crippen molar-refractivity contribution >= 4 is 27.3 Å². The highest BCUT2D eigenvalue weighted by molar-refractivity contribution is 7.20. The van der Waals surface area contributed by atoms with E-state index in [1.54, 1.807) is 0 Å². The smallest absolute Gasteiger partial charge is 0.288 e. The van der Waals surface area contributed by atoms with Crippen LogP contribution in [0, 0.1) is 5.92 Å². The molecule has 9 heteroatoms. The molecule has 0 aliphatic carbocycles. The highest BCUT2D eigenvalue weighted by atomic mass is 32.1. The van der Waals surface area contributed by atoms with Crippen molar-refractivity contribution < 1.29 is 4.79 Å². The molecule has 2 aromatic heterocycles. The molecule has 1 amide bonds. The summed E-state index contributed by atoms with van der Waals surface area (Å²) in [7, 11) is 3.85. The van der Waals surface area contributed by atoms with Crippen LogP contribution < -0.4 is 15.8 Å². The summed E-state index contributed by atoms with van der Waals surface area (Å²) >= 11 is 1.39. The van der Waals surface area contributed by atoms with Crippen LogP contribution in [-0.2, 0) is 0 Å². The first-order valence-corrected chi connectivity index (χ1v) is 9.34. The van der Waals surface area contributed by atoms with Crippen LogP contribution in [0.2, 0.25) is 0 Å². The fourth-order valence-corrected chi connectivity index (χ4v) is 3.66. The number of nitrogens with one attached hydrogen (secondary N) is 1. The summed E-state index contributed by atoms with van der Waals surface area (Å²) in [6, 6.07) is 0. The Labute approximate surface area is 150 Å². The van der Waals surface area contributed by atoms with Gasteiger partial charge in [0.25, 0.3) is 11.5 Å². The summed E-state index contributed by atoms with van der Waals surface area (Å²) in [5, 5.41) is 7.95. The standard InChI is InChI=1S/C16H24N6O2S/c1-11-4-7-21(8-5-11)16-19-22-14(24)12(10-18-15(22)25-16)13(23)17-6-9-20(2)3/h10-11H,4-9H2,1-3H3,(H,17,23). The van der Waals surface area contributed by atoms with Crippen molar-refractivity contribution in [3.63, 3.8) is 0 Å². The van der Waals surface area contributed by atoms with Gasteiger partial charge in [-0.2, -0.15) is 4.52 Å². The summed E-state index contributed by atoms with van der Waals surface area (Å²) in [5.74, 6) is 0.319. The number of hydrogen-bond acceptors (Lipinski definition) is 7. The molecule has 1 aliphatic heterocycles. The molecule has 0 unspecified atom stereocenters. The molecule has 3 heterocycles. The molecule has 8 nitrogen and oxygen atoms in total. The molecule has 0 saturated carbocycles. The number of carbonyl (C=O) groups excluding carboxylic acids is 1. The highest BCUT2D eigenvalue weighted by Gasteiger charge is 2.21. The zero-order valence-corrected chi connectivity index (χ0v) is 15.7. The maximum atomic E-state index is 12.6. The van der Waals surface area contributed by atoms with Crippen LogP contribution in [0.15, 0.2) is 11.0 Å². The Morgan fingerprint density at radius 1 is 1.40 bits per heavy atom. The van der Waals surface area contributed by atoms with E-state index in [-0.39, 0.29) is 5.56 Å². The average molecular weight is 364 g/mol. The van der Waals surface area contributed by atoms with Crippen LogP contribution in [0.5, 0.6) is 0 Å². The number of piperidine rings is 1. The summed E-state index contributed by atoms with van der Waals surface area (Å²) in [5.41, 5.74) is -0.388. The van der Waals surface area contributed by atoms with Gasteiger partial charge in [0.2, 0.25) is 10.1 Å². The number of nitrogens with zero attached hydrogens (tertiary/aromatic N) is 5. The van der Waals surface area contributed by atoms with E-state index in [0.717, 1.165) is 37.0 Å². The number of fused-ring (bicyclic) bond motifs is 1. The van der Waals surface area contributed by atoms with Gasteiger partial charge in [0.1, 0.15) is 5.56 Å². The quantitative estimate of drug-likeness (QED) is 0.840. The molecule has 0 aromatic carbocycles. The number of hydrogen-bond donors (Lipinski definition) is 1. The molecule has 0 bridgehead atoms. The van der Waals surface area contributed by atoms with Gasteiger partial charge in [0, 0.05) is 32.4 Å². The summed E-state index contributed by atoms with van der Waals surface area (Å²) in [6.07, 6.45) is 3.60. The van der Waals surface area contributed by atoms with Gasteiger partial charge in [-0.05, 0) is 32.9 Å². The molecule has 0 radical (unpaired) electrons. The van der Waals surface area contributed by atoms with Crippen molar-refractivity contribution in [2.75, 3.05) is 45.2 Å². The van der Waals surface area contributed by atoms with Crippen LogP contribution in [0.4, 0.5) is 5.13 Å². The van der Waals surface area contributed by atoms with Gasteiger partial charge in [-0.3, -0.25) is 9.59 Å². The number of anilines is 1. The van der Waals surface area contributed by atoms with Crippen LogP contribution in [-0.4, -0.2) is 65.7 Å². The maximum absolute atomic E-state index is 12.6. The largest absolute Gasteiger partial charge is 0.351 e. The Bertz CT molecular complexity index is 807. The molecule has 0 atom stereocenters. The van der Waals surface area contributed by atoms with Crippen LogP contribution in [0.3, 0.4) is 0 Å². The van der Waals surface area contributed by atoms with E-state index < -0.39 is 11.5 Å². The van der Waals surface area contributed by atoms with Crippen molar-refractivity contribution in [3.05, 3.63) is 22.1 Å².